The fourth-order valence-corrected chi connectivity index (χ4v) is 1.90. The van der Waals surface area contributed by atoms with E-state index in [1.807, 2.05) is 0 Å². The van der Waals surface area contributed by atoms with Gasteiger partial charge < -0.3 is 5.73 Å². The van der Waals surface area contributed by atoms with Crippen molar-refractivity contribution in [2.24, 2.45) is 5.73 Å². The van der Waals surface area contributed by atoms with Gasteiger partial charge >= 0.3 is 0 Å². The number of rotatable bonds is 2. The van der Waals surface area contributed by atoms with Crippen molar-refractivity contribution in [1.82, 2.24) is 0 Å². The number of hydrogen-bond acceptors (Lipinski definition) is 1. The summed E-state index contributed by atoms with van der Waals surface area (Å²) in [6.07, 6.45) is 0. The van der Waals surface area contributed by atoms with Crippen molar-refractivity contribution in [3.8, 4) is 11.1 Å². The van der Waals surface area contributed by atoms with Crippen LogP contribution in [0.15, 0.2) is 42.5 Å². The van der Waals surface area contributed by atoms with E-state index in [-0.39, 0.29) is 11.1 Å². The highest BCUT2D eigenvalue weighted by atomic mass is 35.5. The molecule has 2 nitrogen and oxygen atoms in total. The molecule has 0 unspecified atom stereocenters. The molecule has 0 aliphatic heterocycles. The lowest BCUT2D eigenvalue weighted by atomic mass is 9.98. The lowest BCUT2D eigenvalue weighted by Gasteiger charge is -2.09. The van der Waals surface area contributed by atoms with E-state index >= 15 is 0 Å². The minimum atomic E-state index is -0.681. The second kappa shape index (κ2) is 4.55. The number of carbonyl (C=O) groups is 1. The average Bonchev–Trinajstić information content (AvgIpc) is 2.30. The van der Waals surface area contributed by atoms with E-state index < -0.39 is 11.7 Å². The lowest BCUT2D eigenvalue weighted by molar-refractivity contribution is 0.100. The van der Waals surface area contributed by atoms with Gasteiger partial charge in [0.15, 0.2) is 0 Å². The highest BCUT2D eigenvalue weighted by molar-refractivity contribution is 6.33. The summed E-state index contributed by atoms with van der Waals surface area (Å²) in [4.78, 5) is 11.3. The van der Waals surface area contributed by atoms with E-state index in [9.17, 15) is 9.18 Å². The van der Waals surface area contributed by atoms with Gasteiger partial charge in [0.1, 0.15) is 5.82 Å². The molecule has 0 spiro atoms. The summed E-state index contributed by atoms with van der Waals surface area (Å²) >= 11 is 5.99. The van der Waals surface area contributed by atoms with Crippen LogP contribution in [-0.2, 0) is 0 Å². The summed E-state index contributed by atoms with van der Waals surface area (Å²) in [5.41, 5.74) is 5.95. The standard InChI is InChI=1S/C13H9ClFNO/c14-10-6-2-1-4-8(10)12-9(13(16)17)5-3-7-11(12)15/h1-7H,(H2,16,17). The highest BCUT2D eigenvalue weighted by Crippen LogP contribution is 2.32. The summed E-state index contributed by atoms with van der Waals surface area (Å²) < 4.78 is 13.8. The highest BCUT2D eigenvalue weighted by Gasteiger charge is 2.16. The zero-order valence-corrected chi connectivity index (χ0v) is 9.54. The van der Waals surface area contributed by atoms with Gasteiger partial charge in [0.25, 0.3) is 0 Å². The Morgan fingerprint density at radius 3 is 2.47 bits per heavy atom. The first kappa shape index (κ1) is 11.6. The quantitative estimate of drug-likeness (QED) is 0.872. The third-order valence-electron chi connectivity index (χ3n) is 2.42. The first-order chi connectivity index (χ1) is 8.11. The number of amides is 1. The van der Waals surface area contributed by atoms with E-state index in [2.05, 4.69) is 0 Å². The Morgan fingerprint density at radius 1 is 1.12 bits per heavy atom. The van der Waals surface area contributed by atoms with E-state index in [0.717, 1.165) is 0 Å². The average molecular weight is 250 g/mol. The molecule has 0 radical (unpaired) electrons. The maximum Gasteiger partial charge on any atom is 0.249 e. The zero-order chi connectivity index (χ0) is 12.4. The molecular formula is C13H9ClFNO. The van der Waals surface area contributed by atoms with Crippen molar-refractivity contribution in [1.29, 1.82) is 0 Å². The van der Waals surface area contributed by atoms with Gasteiger partial charge in [-0.05, 0) is 18.2 Å². The molecule has 0 aliphatic rings. The first-order valence-corrected chi connectivity index (χ1v) is 5.32. The third-order valence-corrected chi connectivity index (χ3v) is 2.75. The van der Waals surface area contributed by atoms with Crippen LogP contribution in [0.4, 0.5) is 4.39 Å². The Morgan fingerprint density at radius 2 is 1.82 bits per heavy atom. The van der Waals surface area contributed by atoms with Crippen LogP contribution in [-0.4, -0.2) is 5.91 Å². The maximum absolute atomic E-state index is 13.8. The topological polar surface area (TPSA) is 43.1 Å². The van der Waals surface area contributed by atoms with Crippen LogP contribution in [0, 0.1) is 5.82 Å². The molecule has 2 aromatic carbocycles. The van der Waals surface area contributed by atoms with Crippen LogP contribution in [0.5, 0.6) is 0 Å². The minimum Gasteiger partial charge on any atom is -0.366 e. The second-order valence-corrected chi connectivity index (χ2v) is 3.91. The molecule has 0 atom stereocenters. The van der Waals surface area contributed by atoms with E-state index in [4.69, 9.17) is 17.3 Å². The summed E-state index contributed by atoms with van der Waals surface area (Å²) in [6, 6.07) is 10.9. The number of primary amides is 1. The van der Waals surface area contributed by atoms with Crippen molar-refractivity contribution < 1.29 is 9.18 Å². The summed E-state index contributed by atoms with van der Waals surface area (Å²) in [6.45, 7) is 0. The molecule has 2 aromatic rings. The van der Waals surface area contributed by atoms with Gasteiger partial charge in [-0.3, -0.25) is 4.79 Å². The molecule has 4 heteroatoms. The third kappa shape index (κ3) is 2.15. The first-order valence-electron chi connectivity index (χ1n) is 4.94. The number of nitrogens with two attached hydrogens (primary N) is 1. The smallest absolute Gasteiger partial charge is 0.249 e. The minimum absolute atomic E-state index is 0.123. The Labute approximate surface area is 103 Å². The van der Waals surface area contributed by atoms with Crippen LogP contribution >= 0.6 is 11.6 Å². The molecule has 0 aromatic heterocycles. The molecule has 0 bridgehead atoms. The molecule has 0 saturated heterocycles. The van der Waals surface area contributed by atoms with Crippen LogP contribution in [0.25, 0.3) is 11.1 Å². The molecular weight excluding hydrogens is 241 g/mol. The Balaban J connectivity index is 2.75. The number of carbonyl (C=O) groups excluding carboxylic acids is 1. The molecule has 0 aliphatic carbocycles. The van der Waals surface area contributed by atoms with E-state index in [0.29, 0.717) is 10.6 Å². The van der Waals surface area contributed by atoms with E-state index in [1.165, 1.54) is 18.2 Å². The number of hydrogen-bond donors (Lipinski definition) is 1. The van der Waals surface area contributed by atoms with Crippen molar-refractivity contribution in [3.63, 3.8) is 0 Å². The number of benzene rings is 2. The molecule has 0 heterocycles. The Kier molecular flexibility index (Phi) is 3.11. The van der Waals surface area contributed by atoms with Crippen LogP contribution in [0.3, 0.4) is 0 Å². The van der Waals surface area contributed by atoms with Gasteiger partial charge in [0.2, 0.25) is 5.91 Å². The van der Waals surface area contributed by atoms with Gasteiger partial charge in [-0.2, -0.15) is 0 Å². The van der Waals surface area contributed by atoms with Gasteiger partial charge in [0.05, 0.1) is 0 Å². The Bertz CT molecular complexity index is 583. The van der Waals surface area contributed by atoms with Gasteiger partial charge in [-0.1, -0.05) is 35.9 Å². The second-order valence-electron chi connectivity index (χ2n) is 3.51. The Hall–Kier alpha value is -1.87. The monoisotopic (exact) mass is 249 g/mol. The van der Waals surface area contributed by atoms with Gasteiger partial charge in [-0.25, -0.2) is 4.39 Å². The predicted octanol–water partition coefficient (Wildman–Crippen LogP) is 3.25. The fourth-order valence-electron chi connectivity index (χ4n) is 1.67. The summed E-state index contributed by atoms with van der Waals surface area (Å²) in [5, 5.41) is 0.375. The summed E-state index contributed by atoms with van der Waals surface area (Å²) in [5.74, 6) is -1.20. The molecule has 0 saturated carbocycles. The largest absolute Gasteiger partial charge is 0.366 e. The van der Waals surface area contributed by atoms with Crippen molar-refractivity contribution in [3.05, 3.63) is 58.9 Å². The van der Waals surface area contributed by atoms with Crippen LogP contribution in [0.2, 0.25) is 5.02 Å². The molecule has 86 valence electrons. The van der Waals surface area contributed by atoms with Crippen LogP contribution < -0.4 is 5.73 Å². The van der Waals surface area contributed by atoms with Crippen molar-refractivity contribution in [2.45, 2.75) is 0 Å². The van der Waals surface area contributed by atoms with E-state index in [1.54, 1.807) is 24.3 Å². The normalized spacial score (nSPS) is 10.2. The fraction of sp³-hybridized carbons (Fsp3) is 0. The van der Waals surface area contributed by atoms with Gasteiger partial charge in [-0.15, -0.1) is 0 Å². The van der Waals surface area contributed by atoms with Gasteiger partial charge in [0, 0.05) is 21.7 Å². The molecule has 17 heavy (non-hydrogen) atoms. The van der Waals surface area contributed by atoms with Crippen molar-refractivity contribution in [2.75, 3.05) is 0 Å². The maximum atomic E-state index is 13.8. The SMILES string of the molecule is NC(=O)c1cccc(F)c1-c1ccccc1Cl. The lowest BCUT2D eigenvalue weighted by Crippen LogP contribution is -2.13. The summed E-state index contributed by atoms with van der Waals surface area (Å²) in [7, 11) is 0. The molecule has 1 amide bonds. The molecule has 0 fully saturated rings. The zero-order valence-electron chi connectivity index (χ0n) is 8.78. The number of halogens is 2. The molecule has 2 rings (SSSR count). The molecule has 2 N–H and O–H groups in total. The van der Waals surface area contributed by atoms with Crippen molar-refractivity contribution >= 4 is 17.5 Å². The van der Waals surface area contributed by atoms with Crippen LogP contribution in [0.1, 0.15) is 10.4 Å². The predicted molar refractivity (Wildman–Crippen MR) is 65.4 cm³/mol.